The molecule has 1 fully saturated rings. The minimum atomic E-state index is -0.218. The van der Waals surface area contributed by atoms with Crippen molar-refractivity contribution in [2.24, 2.45) is 0 Å². The van der Waals surface area contributed by atoms with Crippen molar-refractivity contribution in [3.8, 4) is 5.75 Å². The number of aromatic hydroxyl groups is 1. The number of carbonyl (C=O) groups excluding carboxylic acids is 1. The third-order valence-electron chi connectivity index (χ3n) is 4.60. The molecule has 1 aliphatic rings. The number of anilines is 1. The van der Waals surface area contributed by atoms with E-state index in [1.807, 2.05) is 13.0 Å². The molecule has 0 atom stereocenters. The van der Waals surface area contributed by atoms with Gasteiger partial charge in [-0.3, -0.25) is 9.69 Å². The lowest BCUT2D eigenvalue weighted by Gasteiger charge is -2.36. The predicted molar refractivity (Wildman–Crippen MR) is 100 cm³/mol. The van der Waals surface area contributed by atoms with Crippen molar-refractivity contribution in [3.63, 3.8) is 0 Å². The van der Waals surface area contributed by atoms with Gasteiger partial charge in [-0.25, -0.2) is 0 Å². The fourth-order valence-electron chi connectivity index (χ4n) is 3.12. The molecule has 0 unspecified atom stereocenters. The van der Waals surface area contributed by atoms with Crippen LogP contribution in [-0.4, -0.2) is 55.2 Å². The summed E-state index contributed by atoms with van der Waals surface area (Å²) in [5.74, 6) is -0.191. The first kappa shape index (κ1) is 17.3. The Bertz CT molecular complexity index is 710. The van der Waals surface area contributed by atoms with Gasteiger partial charge >= 0.3 is 0 Å². The van der Waals surface area contributed by atoms with Crippen molar-refractivity contribution in [1.29, 1.82) is 0 Å². The second-order valence-electron chi connectivity index (χ2n) is 6.44. The van der Waals surface area contributed by atoms with Crippen LogP contribution in [0.25, 0.3) is 0 Å². The van der Waals surface area contributed by atoms with Gasteiger partial charge in [0.05, 0.1) is 5.56 Å². The molecule has 5 heteroatoms. The molecule has 0 aromatic heterocycles. The van der Waals surface area contributed by atoms with Crippen LogP contribution in [0.5, 0.6) is 5.75 Å². The van der Waals surface area contributed by atoms with Crippen LogP contribution in [0.15, 0.2) is 48.5 Å². The molecular formula is C20H25N3O2. The zero-order chi connectivity index (χ0) is 17.6. The number of amides is 1. The Morgan fingerprint density at radius 3 is 2.52 bits per heavy atom. The van der Waals surface area contributed by atoms with E-state index in [1.165, 1.54) is 5.69 Å². The van der Waals surface area contributed by atoms with E-state index in [4.69, 9.17) is 0 Å². The summed E-state index contributed by atoms with van der Waals surface area (Å²) in [6.07, 6.45) is 0. The summed E-state index contributed by atoms with van der Waals surface area (Å²) in [5, 5.41) is 12.7. The van der Waals surface area contributed by atoms with Gasteiger partial charge in [0.1, 0.15) is 5.75 Å². The molecule has 1 heterocycles. The maximum Gasteiger partial charge on any atom is 0.255 e. The van der Waals surface area contributed by atoms with E-state index < -0.39 is 0 Å². The summed E-state index contributed by atoms with van der Waals surface area (Å²) in [5.41, 5.74) is 2.57. The van der Waals surface area contributed by atoms with Crippen LogP contribution in [0.1, 0.15) is 15.9 Å². The average Bonchev–Trinajstić information content (AvgIpc) is 2.65. The zero-order valence-corrected chi connectivity index (χ0v) is 14.6. The molecule has 1 aliphatic heterocycles. The van der Waals surface area contributed by atoms with Crippen LogP contribution in [0.2, 0.25) is 0 Å². The van der Waals surface area contributed by atoms with Gasteiger partial charge in [-0.1, -0.05) is 29.8 Å². The normalized spacial score (nSPS) is 15.2. The van der Waals surface area contributed by atoms with Gasteiger partial charge in [-0.15, -0.1) is 0 Å². The molecule has 0 bridgehead atoms. The predicted octanol–water partition coefficient (Wildman–Crippen LogP) is 2.25. The van der Waals surface area contributed by atoms with Crippen LogP contribution in [0, 0.1) is 6.92 Å². The summed E-state index contributed by atoms with van der Waals surface area (Å²) in [4.78, 5) is 16.9. The highest BCUT2D eigenvalue weighted by Gasteiger charge is 2.17. The number of benzene rings is 2. The fraction of sp³-hybridized carbons (Fsp3) is 0.350. The topological polar surface area (TPSA) is 55.8 Å². The number of nitrogens with zero attached hydrogens (tertiary/aromatic N) is 2. The Labute approximate surface area is 148 Å². The Morgan fingerprint density at radius 2 is 1.80 bits per heavy atom. The first-order valence-electron chi connectivity index (χ1n) is 8.73. The van der Waals surface area contributed by atoms with E-state index in [9.17, 15) is 9.90 Å². The third-order valence-corrected chi connectivity index (χ3v) is 4.60. The van der Waals surface area contributed by atoms with Gasteiger partial charge in [-0.05, 0) is 31.2 Å². The Kier molecular flexibility index (Phi) is 5.56. The summed E-state index contributed by atoms with van der Waals surface area (Å²) < 4.78 is 0. The Morgan fingerprint density at radius 1 is 1.08 bits per heavy atom. The van der Waals surface area contributed by atoms with Crippen LogP contribution < -0.4 is 10.2 Å². The highest BCUT2D eigenvalue weighted by molar-refractivity contribution is 5.96. The van der Waals surface area contributed by atoms with Crippen LogP contribution in [0.3, 0.4) is 0 Å². The molecule has 2 N–H and O–H groups in total. The molecular weight excluding hydrogens is 314 g/mol. The van der Waals surface area contributed by atoms with Gasteiger partial charge in [-0.2, -0.15) is 0 Å². The summed E-state index contributed by atoms with van der Waals surface area (Å²) in [6.45, 7) is 7.27. The molecule has 2 aromatic rings. The molecule has 1 saturated heterocycles. The molecule has 5 nitrogen and oxygen atoms in total. The van der Waals surface area contributed by atoms with Crippen molar-refractivity contribution in [2.45, 2.75) is 6.92 Å². The van der Waals surface area contributed by atoms with Crippen molar-refractivity contribution < 1.29 is 9.90 Å². The van der Waals surface area contributed by atoms with Crippen LogP contribution in [0.4, 0.5) is 5.69 Å². The maximum absolute atomic E-state index is 12.2. The Balaban J connectivity index is 1.43. The van der Waals surface area contributed by atoms with Gasteiger partial charge in [0.2, 0.25) is 0 Å². The summed E-state index contributed by atoms with van der Waals surface area (Å²) in [6, 6.07) is 15.5. The third kappa shape index (κ3) is 4.51. The molecule has 25 heavy (non-hydrogen) atoms. The van der Waals surface area contributed by atoms with Crippen molar-refractivity contribution in [2.75, 3.05) is 44.2 Å². The molecule has 0 aliphatic carbocycles. The zero-order valence-electron chi connectivity index (χ0n) is 14.6. The van der Waals surface area contributed by atoms with E-state index in [2.05, 4.69) is 39.4 Å². The summed E-state index contributed by atoms with van der Waals surface area (Å²) in [7, 11) is 0. The van der Waals surface area contributed by atoms with Crippen LogP contribution >= 0.6 is 0 Å². The lowest BCUT2D eigenvalue weighted by Crippen LogP contribution is -2.48. The molecule has 2 aromatic carbocycles. The number of rotatable bonds is 5. The quantitative estimate of drug-likeness (QED) is 0.877. The lowest BCUT2D eigenvalue weighted by molar-refractivity contribution is 0.0945. The van der Waals surface area contributed by atoms with Crippen molar-refractivity contribution in [1.82, 2.24) is 10.2 Å². The SMILES string of the molecule is Cc1ccc(O)c(C(=O)NCCN2CCN(c3ccccc3)CC2)c1. The molecule has 0 spiro atoms. The minimum Gasteiger partial charge on any atom is -0.507 e. The number of phenolic OH excluding ortho intramolecular Hbond substituents is 1. The first-order chi connectivity index (χ1) is 12.1. The number of hydrogen-bond donors (Lipinski definition) is 2. The highest BCUT2D eigenvalue weighted by Crippen LogP contribution is 2.18. The van der Waals surface area contributed by atoms with Gasteiger partial charge < -0.3 is 15.3 Å². The molecule has 0 radical (unpaired) electrons. The number of aryl methyl sites for hydroxylation is 1. The number of phenols is 1. The number of piperazine rings is 1. The Hall–Kier alpha value is -2.53. The smallest absolute Gasteiger partial charge is 0.255 e. The monoisotopic (exact) mass is 339 g/mol. The number of carbonyl (C=O) groups is 1. The minimum absolute atomic E-state index is 0.0274. The highest BCUT2D eigenvalue weighted by atomic mass is 16.3. The van der Waals surface area contributed by atoms with Crippen LogP contribution in [-0.2, 0) is 0 Å². The van der Waals surface area contributed by atoms with E-state index in [0.29, 0.717) is 12.1 Å². The standard InChI is InChI=1S/C20H25N3O2/c1-16-7-8-19(24)18(15-16)20(25)21-9-10-22-11-13-23(14-12-22)17-5-3-2-4-6-17/h2-8,15,24H,9-14H2,1H3,(H,21,25). The first-order valence-corrected chi connectivity index (χ1v) is 8.73. The van der Waals surface area contributed by atoms with Gasteiger partial charge in [0, 0.05) is 45.0 Å². The number of hydrogen-bond acceptors (Lipinski definition) is 4. The van der Waals surface area contributed by atoms with Gasteiger partial charge in [0.15, 0.2) is 0 Å². The average molecular weight is 339 g/mol. The van der Waals surface area contributed by atoms with E-state index in [1.54, 1.807) is 18.2 Å². The maximum atomic E-state index is 12.2. The van der Waals surface area contributed by atoms with Gasteiger partial charge in [0.25, 0.3) is 5.91 Å². The molecule has 0 saturated carbocycles. The largest absolute Gasteiger partial charge is 0.507 e. The van der Waals surface area contributed by atoms with Crippen molar-refractivity contribution >= 4 is 11.6 Å². The molecule has 132 valence electrons. The van der Waals surface area contributed by atoms with E-state index in [-0.39, 0.29) is 11.7 Å². The molecule has 3 rings (SSSR count). The second-order valence-corrected chi connectivity index (χ2v) is 6.44. The lowest BCUT2D eigenvalue weighted by atomic mass is 10.1. The second kappa shape index (κ2) is 8.03. The molecule has 1 amide bonds. The van der Waals surface area contributed by atoms with E-state index in [0.717, 1.165) is 38.3 Å². The van der Waals surface area contributed by atoms with Crippen molar-refractivity contribution in [3.05, 3.63) is 59.7 Å². The number of para-hydroxylation sites is 1. The number of nitrogens with one attached hydrogen (secondary N) is 1. The van der Waals surface area contributed by atoms with E-state index >= 15 is 0 Å². The fourth-order valence-corrected chi connectivity index (χ4v) is 3.12. The summed E-state index contributed by atoms with van der Waals surface area (Å²) >= 11 is 0.